The standard InChI is InChI=1S/C12H21N/c1-6-11(4)8-7-9-13-12(5)10(2)3/h1,11,13H,7-9H2,2-5H3. The van der Waals surface area contributed by atoms with Crippen molar-refractivity contribution in [2.24, 2.45) is 5.92 Å². The molecule has 1 heteroatoms. The van der Waals surface area contributed by atoms with Crippen molar-refractivity contribution in [2.45, 2.75) is 40.5 Å². The van der Waals surface area contributed by atoms with E-state index in [1.54, 1.807) is 0 Å². The summed E-state index contributed by atoms with van der Waals surface area (Å²) in [4.78, 5) is 0. The maximum atomic E-state index is 5.28. The Morgan fingerprint density at radius 3 is 2.46 bits per heavy atom. The molecule has 0 saturated carbocycles. The maximum Gasteiger partial charge on any atom is 0.0172 e. The minimum Gasteiger partial charge on any atom is -0.389 e. The molecule has 0 spiro atoms. The molecule has 0 rings (SSSR count). The highest BCUT2D eigenvalue weighted by Crippen LogP contribution is 2.03. The Hall–Kier alpha value is -0.900. The molecule has 1 nitrogen and oxygen atoms in total. The van der Waals surface area contributed by atoms with Crippen molar-refractivity contribution in [1.82, 2.24) is 5.32 Å². The Labute approximate surface area is 82.6 Å². The van der Waals surface area contributed by atoms with Crippen LogP contribution in [0, 0.1) is 18.3 Å². The van der Waals surface area contributed by atoms with Crippen molar-refractivity contribution in [1.29, 1.82) is 0 Å². The van der Waals surface area contributed by atoms with Gasteiger partial charge >= 0.3 is 0 Å². The molecule has 13 heavy (non-hydrogen) atoms. The summed E-state index contributed by atoms with van der Waals surface area (Å²) in [5.41, 5.74) is 2.64. The van der Waals surface area contributed by atoms with E-state index < -0.39 is 0 Å². The van der Waals surface area contributed by atoms with Gasteiger partial charge in [0, 0.05) is 18.2 Å². The zero-order valence-electron chi connectivity index (χ0n) is 9.28. The van der Waals surface area contributed by atoms with Gasteiger partial charge in [0.25, 0.3) is 0 Å². The fourth-order valence-electron chi connectivity index (χ4n) is 0.944. The van der Waals surface area contributed by atoms with E-state index in [1.807, 2.05) is 0 Å². The molecule has 0 radical (unpaired) electrons. The molecule has 1 unspecified atom stereocenters. The van der Waals surface area contributed by atoms with Crippen LogP contribution in [-0.4, -0.2) is 6.54 Å². The number of nitrogens with one attached hydrogen (secondary N) is 1. The fraction of sp³-hybridized carbons (Fsp3) is 0.667. The van der Waals surface area contributed by atoms with Gasteiger partial charge in [-0.15, -0.1) is 12.3 Å². The van der Waals surface area contributed by atoms with Crippen molar-refractivity contribution in [3.63, 3.8) is 0 Å². The lowest BCUT2D eigenvalue weighted by atomic mass is 10.1. The van der Waals surface area contributed by atoms with Crippen LogP contribution in [0.1, 0.15) is 40.5 Å². The Balaban J connectivity index is 3.49. The molecule has 0 bridgehead atoms. The summed E-state index contributed by atoms with van der Waals surface area (Å²) in [6.07, 6.45) is 7.54. The van der Waals surface area contributed by atoms with Crippen LogP contribution in [0.5, 0.6) is 0 Å². The Morgan fingerprint density at radius 2 is 2.00 bits per heavy atom. The molecule has 0 saturated heterocycles. The Morgan fingerprint density at radius 1 is 1.38 bits per heavy atom. The van der Waals surface area contributed by atoms with Crippen molar-refractivity contribution < 1.29 is 0 Å². The van der Waals surface area contributed by atoms with E-state index in [2.05, 4.69) is 38.9 Å². The van der Waals surface area contributed by atoms with Crippen LogP contribution in [0.2, 0.25) is 0 Å². The maximum absolute atomic E-state index is 5.28. The smallest absolute Gasteiger partial charge is 0.0172 e. The molecular formula is C12H21N. The quantitative estimate of drug-likeness (QED) is 0.505. The minimum atomic E-state index is 0.411. The van der Waals surface area contributed by atoms with Gasteiger partial charge in [-0.2, -0.15) is 0 Å². The van der Waals surface area contributed by atoms with Gasteiger partial charge in [-0.3, -0.25) is 0 Å². The lowest BCUT2D eigenvalue weighted by molar-refractivity contribution is 0.598. The second-order valence-electron chi connectivity index (χ2n) is 3.76. The largest absolute Gasteiger partial charge is 0.389 e. The van der Waals surface area contributed by atoms with Gasteiger partial charge in [-0.1, -0.05) is 12.5 Å². The number of rotatable bonds is 5. The van der Waals surface area contributed by atoms with E-state index in [9.17, 15) is 0 Å². The number of allylic oxidation sites excluding steroid dienone is 2. The lowest BCUT2D eigenvalue weighted by Gasteiger charge is -2.09. The molecule has 0 aromatic rings. The number of hydrogen-bond donors (Lipinski definition) is 1. The highest BCUT2D eigenvalue weighted by Gasteiger charge is 1.96. The zero-order chi connectivity index (χ0) is 10.3. The van der Waals surface area contributed by atoms with Crippen LogP contribution in [0.25, 0.3) is 0 Å². The molecule has 0 aliphatic carbocycles. The molecular weight excluding hydrogens is 158 g/mol. The van der Waals surface area contributed by atoms with Gasteiger partial charge in [-0.25, -0.2) is 0 Å². The van der Waals surface area contributed by atoms with Gasteiger partial charge < -0.3 is 5.32 Å². The second kappa shape index (κ2) is 6.60. The molecule has 1 atom stereocenters. The van der Waals surface area contributed by atoms with Crippen LogP contribution in [0.15, 0.2) is 11.3 Å². The predicted molar refractivity (Wildman–Crippen MR) is 59.3 cm³/mol. The number of terminal acetylenes is 1. The van der Waals surface area contributed by atoms with E-state index in [0.29, 0.717) is 5.92 Å². The van der Waals surface area contributed by atoms with E-state index in [1.165, 1.54) is 11.3 Å². The summed E-state index contributed by atoms with van der Waals surface area (Å²) < 4.78 is 0. The summed E-state index contributed by atoms with van der Waals surface area (Å²) in [5, 5.41) is 3.37. The van der Waals surface area contributed by atoms with Crippen LogP contribution < -0.4 is 5.32 Å². The summed E-state index contributed by atoms with van der Waals surface area (Å²) in [7, 11) is 0. The average molecular weight is 179 g/mol. The first-order valence-electron chi connectivity index (χ1n) is 4.92. The Kier molecular flexibility index (Phi) is 6.14. The third kappa shape index (κ3) is 6.28. The normalized spacial score (nSPS) is 11.6. The molecule has 0 aromatic carbocycles. The minimum absolute atomic E-state index is 0.411. The third-order valence-corrected chi connectivity index (χ3v) is 2.24. The molecule has 1 N–H and O–H groups in total. The third-order valence-electron chi connectivity index (χ3n) is 2.24. The first-order chi connectivity index (χ1) is 6.07. The summed E-state index contributed by atoms with van der Waals surface area (Å²) in [6, 6.07) is 0. The molecule has 0 heterocycles. The topological polar surface area (TPSA) is 12.0 Å². The highest BCUT2D eigenvalue weighted by molar-refractivity contribution is 5.04. The van der Waals surface area contributed by atoms with Gasteiger partial charge in [0.1, 0.15) is 0 Å². The van der Waals surface area contributed by atoms with E-state index >= 15 is 0 Å². The summed E-state index contributed by atoms with van der Waals surface area (Å²) >= 11 is 0. The zero-order valence-corrected chi connectivity index (χ0v) is 9.28. The molecule has 74 valence electrons. The van der Waals surface area contributed by atoms with E-state index in [4.69, 9.17) is 6.42 Å². The van der Waals surface area contributed by atoms with Crippen LogP contribution in [-0.2, 0) is 0 Å². The first kappa shape index (κ1) is 12.1. The first-order valence-corrected chi connectivity index (χ1v) is 4.92. The Bertz CT molecular complexity index is 204. The lowest BCUT2D eigenvalue weighted by Crippen LogP contribution is -2.14. The molecule has 0 aliphatic rings. The second-order valence-corrected chi connectivity index (χ2v) is 3.76. The average Bonchev–Trinajstić information content (AvgIpc) is 2.11. The number of hydrogen-bond acceptors (Lipinski definition) is 1. The van der Waals surface area contributed by atoms with Crippen LogP contribution in [0.3, 0.4) is 0 Å². The summed E-state index contributed by atoms with van der Waals surface area (Å²) in [5.74, 6) is 3.15. The molecule has 0 fully saturated rings. The predicted octanol–water partition coefficient (Wildman–Crippen LogP) is 2.94. The van der Waals surface area contributed by atoms with Gasteiger partial charge in [-0.05, 0) is 33.6 Å². The highest BCUT2D eigenvalue weighted by atomic mass is 14.9. The van der Waals surface area contributed by atoms with Crippen molar-refractivity contribution in [3.05, 3.63) is 11.3 Å². The molecule has 0 aromatic heterocycles. The summed E-state index contributed by atoms with van der Waals surface area (Å²) in [6.45, 7) is 9.47. The van der Waals surface area contributed by atoms with Crippen molar-refractivity contribution in [2.75, 3.05) is 6.54 Å². The van der Waals surface area contributed by atoms with Gasteiger partial charge in [0.2, 0.25) is 0 Å². The van der Waals surface area contributed by atoms with Crippen molar-refractivity contribution in [3.8, 4) is 12.3 Å². The fourth-order valence-corrected chi connectivity index (χ4v) is 0.944. The van der Waals surface area contributed by atoms with Gasteiger partial charge in [0.15, 0.2) is 0 Å². The van der Waals surface area contributed by atoms with Crippen molar-refractivity contribution >= 4 is 0 Å². The van der Waals surface area contributed by atoms with E-state index in [0.717, 1.165) is 19.4 Å². The van der Waals surface area contributed by atoms with E-state index in [-0.39, 0.29) is 0 Å². The molecule has 0 aliphatic heterocycles. The molecule has 0 amide bonds. The van der Waals surface area contributed by atoms with Crippen LogP contribution >= 0.6 is 0 Å². The SMILES string of the molecule is C#CC(C)CCCNC(C)=C(C)C. The van der Waals surface area contributed by atoms with Gasteiger partial charge in [0.05, 0.1) is 0 Å². The van der Waals surface area contributed by atoms with Crippen LogP contribution in [0.4, 0.5) is 0 Å². The monoisotopic (exact) mass is 179 g/mol.